The van der Waals surface area contributed by atoms with Crippen molar-refractivity contribution in [1.29, 1.82) is 0 Å². The Morgan fingerprint density at radius 2 is 2.25 bits per heavy atom. The third kappa shape index (κ3) is 2.18. The Labute approximate surface area is 73.3 Å². The third-order valence-corrected chi connectivity index (χ3v) is 2.42. The Balaban J connectivity index is 2.70. The van der Waals surface area contributed by atoms with E-state index in [1.807, 2.05) is 6.08 Å². The Morgan fingerprint density at radius 1 is 1.50 bits per heavy atom. The van der Waals surface area contributed by atoms with Gasteiger partial charge in [-0.2, -0.15) is 0 Å². The van der Waals surface area contributed by atoms with Crippen molar-refractivity contribution in [3.05, 3.63) is 11.6 Å². The van der Waals surface area contributed by atoms with Gasteiger partial charge in [-0.25, -0.2) is 0 Å². The highest BCUT2D eigenvalue weighted by molar-refractivity contribution is 5.67. The number of hydrogen-bond donors (Lipinski definition) is 1. The second kappa shape index (κ2) is 3.85. The molecule has 2 heteroatoms. The lowest BCUT2D eigenvalue weighted by molar-refractivity contribution is -0.119. The summed E-state index contributed by atoms with van der Waals surface area (Å²) in [4.78, 5) is 10.5. The summed E-state index contributed by atoms with van der Waals surface area (Å²) in [7, 11) is 0. The molecule has 0 spiro atoms. The minimum absolute atomic E-state index is 0.629. The van der Waals surface area contributed by atoms with Crippen molar-refractivity contribution < 1.29 is 9.90 Å². The highest BCUT2D eigenvalue weighted by Gasteiger charge is 2.24. The number of hydrogen-bond acceptors (Lipinski definition) is 2. The van der Waals surface area contributed by atoms with Gasteiger partial charge in [0.2, 0.25) is 0 Å². The highest BCUT2D eigenvalue weighted by atomic mass is 16.3. The van der Waals surface area contributed by atoms with Crippen LogP contribution in [0.3, 0.4) is 0 Å². The first-order chi connectivity index (χ1) is 5.67. The van der Waals surface area contributed by atoms with E-state index in [2.05, 4.69) is 0 Å². The lowest BCUT2D eigenvalue weighted by Crippen LogP contribution is -2.28. The summed E-state index contributed by atoms with van der Waals surface area (Å²) < 4.78 is 0. The maximum atomic E-state index is 10.5. The average Bonchev–Trinajstić information content (AvgIpc) is 2.32. The molecule has 1 rings (SSSR count). The van der Waals surface area contributed by atoms with E-state index in [-0.39, 0.29) is 0 Å². The van der Waals surface area contributed by atoms with Crippen LogP contribution >= 0.6 is 0 Å². The molecule has 1 aliphatic rings. The average molecular weight is 168 g/mol. The molecule has 68 valence electrons. The molecule has 0 heterocycles. The van der Waals surface area contributed by atoms with Gasteiger partial charge >= 0.3 is 0 Å². The molecule has 0 fully saturated rings. The fraction of sp³-hybridized carbons (Fsp3) is 0.700. The molecule has 0 radical (unpaired) electrons. The molecule has 0 saturated carbocycles. The summed E-state index contributed by atoms with van der Waals surface area (Å²) >= 11 is 0. The van der Waals surface area contributed by atoms with Crippen molar-refractivity contribution in [3.63, 3.8) is 0 Å². The molecule has 0 aromatic heterocycles. The van der Waals surface area contributed by atoms with Crippen molar-refractivity contribution in [1.82, 2.24) is 0 Å². The molecule has 0 amide bonds. The van der Waals surface area contributed by atoms with Gasteiger partial charge < -0.3 is 5.11 Å². The van der Waals surface area contributed by atoms with E-state index >= 15 is 0 Å². The normalized spacial score (nSPS) is 23.7. The molecule has 0 aromatic carbocycles. The van der Waals surface area contributed by atoms with Crippen LogP contribution in [0.15, 0.2) is 11.6 Å². The van der Waals surface area contributed by atoms with Gasteiger partial charge in [0.1, 0.15) is 5.60 Å². The number of aliphatic hydroxyl groups is 1. The molecule has 0 aliphatic heterocycles. The minimum atomic E-state index is -1.22. The van der Waals surface area contributed by atoms with Crippen LogP contribution in [0.2, 0.25) is 0 Å². The Kier molecular flexibility index (Phi) is 3.04. The van der Waals surface area contributed by atoms with Gasteiger partial charge in [-0.15, -0.1) is 0 Å². The van der Waals surface area contributed by atoms with Crippen molar-refractivity contribution in [3.8, 4) is 0 Å². The molecule has 0 aromatic rings. The zero-order valence-electron chi connectivity index (χ0n) is 7.55. The van der Waals surface area contributed by atoms with E-state index in [4.69, 9.17) is 0 Å². The van der Waals surface area contributed by atoms with Crippen molar-refractivity contribution >= 4 is 6.29 Å². The van der Waals surface area contributed by atoms with Crippen molar-refractivity contribution in [2.75, 3.05) is 0 Å². The van der Waals surface area contributed by atoms with Crippen molar-refractivity contribution in [2.45, 2.75) is 44.6 Å². The molecule has 12 heavy (non-hydrogen) atoms. The molecule has 2 nitrogen and oxygen atoms in total. The van der Waals surface area contributed by atoms with E-state index < -0.39 is 5.60 Å². The standard InChI is InChI=1S/C10H16O2/c1-10(12,8-11)9-6-4-2-3-5-7-9/h6,8,12H,2-5,7H2,1H3. The van der Waals surface area contributed by atoms with Gasteiger partial charge in [-0.05, 0) is 38.2 Å². The van der Waals surface area contributed by atoms with Crippen molar-refractivity contribution in [2.24, 2.45) is 0 Å². The van der Waals surface area contributed by atoms with E-state index in [9.17, 15) is 9.90 Å². The summed E-state index contributed by atoms with van der Waals surface area (Å²) in [6.07, 6.45) is 7.99. The van der Waals surface area contributed by atoms with Crippen LogP contribution in [0.4, 0.5) is 0 Å². The van der Waals surface area contributed by atoms with Crippen LogP contribution in [0.1, 0.15) is 39.0 Å². The number of allylic oxidation sites excluding steroid dienone is 1. The zero-order valence-corrected chi connectivity index (χ0v) is 7.55. The van der Waals surface area contributed by atoms with Crippen LogP contribution in [0, 0.1) is 0 Å². The summed E-state index contributed by atoms with van der Waals surface area (Å²) in [5.41, 5.74) is -0.320. The summed E-state index contributed by atoms with van der Waals surface area (Å²) in [6, 6.07) is 0. The van der Waals surface area contributed by atoms with Crippen LogP contribution in [0.25, 0.3) is 0 Å². The van der Waals surface area contributed by atoms with Gasteiger partial charge in [0, 0.05) is 0 Å². The van der Waals surface area contributed by atoms with E-state index in [1.165, 1.54) is 12.8 Å². The van der Waals surface area contributed by atoms with E-state index in [1.54, 1.807) is 6.92 Å². The predicted octanol–water partition coefficient (Wildman–Crippen LogP) is 1.83. The maximum Gasteiger partial charge on any atom is 0.155 e. The molecule has 1 unspecified atom stereocenters. The molecular formula is C10H16O2. The number of carbonyl (C=O) groups is 1. The van der Waals surface area contributed by atoms with E-state index in [0.717, 1.165) is 24.8 Å². The SMILES string of the molecule is CC(O)(C=O)C1=CCCCCC1. The number of aldehydes is 1. The molecule has 0 saturated heterocycles. The lowest BCUT2D eigenvalue weighted by atomic mass is 9.93. The molecule has 1 atom stereocenters. The van der Waals surface area contributed by atoms with Gasteiger partial charge in [0.25, 0.3) is 0 Å². The molecule has 0 bridgehead atoms. The summed E-state index contributed by atoms with van der Waals surface area (Å²) in [6.45, 7) is 1.57. The topological polar surface area (TPSA) is 37.3 Å². The van der Waals surface area contributed by atoms with Crippen LogP contribution in [0.5, 0.6) is 0 Å². The van der Waals surface area contributed by atoms with Gasteiger partial charge in [-0.3, -0.25) is 4.79 Å². The second-order valence-electron chi connectivity index (χ2n) is 3.59. The maximum absolute atomic E-state index is 10.5. The fourth-order valence-corrected chi connectivity index (χ4v) is 1.55. The molecule has 1 aliphatic carbocycles. The third-order valence-electron chi connectivity index (χ3n) is 2.42. The Hall–Kier alpha value is -0.630. The van der Waals surface area contributed by atoms with Gasteiger partial charge in [0.05, 0.1) is 0 Å². The predicted molar refractivity (Wildman–Crippen MR) is 47.9 cm³/mol. The summed E-state index contributed by atoms with van der Waals surface area (Å²) in [5.74, 6) is 0. The van der Waals surface area contributed by atoms with E-state index in [0.29, 0.717) is 6.29 Å². The summed E-state index contributed by atoms with van der Waals surface area (Å²) in [5, 5.41) is 9.64. The Bertz CT molecular complexity index is 192. The number of carbonyl (C=O) groups excluding carboxylic acids is 1. The minimum Gasteiger partial charge on any atom is -0.378 e. The first-order valence-electron chi connectivity index (χ1n) is 4.55. The quantitative estimate of drug-likeness (QED) is 0.504. The molecular weight excluding hydrogens is 152 g/mol. The smallest absolute Gasteiger partial charge is 0.155 e. The Morgan fingerprint density at radius 3 is 2.92 bits per heavy atom. The largest absolute Gasteiger partial charge is 0.378 e. The highest BCUT2D eigenvalue weighted by Crippen LogP contribution is 2.24. The van der Waals surface area contributed by atoms with Gasteiger partial charge in [-0.1, -0.05) is 12.5 Å². The lowest BCUT2D eigenvalue weighted by Gasteiger charge is -2.19. The monoisotopic (exact) mass is 168 g/mol. The first kappa shape index (κ1) is 9.46. The van der Waals surface area contributed by atoms with Gasteiger partial charge in [0.15, 0.2) is 6.29 Å². The number of rotatable bonds is 2. The van der Waals surface area contributed by atoms with Crippen LogP contribution < -0.4 is 0 Å². The van der Waals surface area contributed by atoms with Crippen LogP contribution in [-0.2, 0) is 4.79 Å². The van der Waals surface area contributed by atoms with Crippen LogP contribution in [-0.4, -0.2) is 17.0 Å². The molecule has 1 N–H and O–H groups in total. The fourth-order valence-electron chi connectivity index (χ4n) is 1.55. The second-order valence-corrected chi connectivity index (χ2v) is 3.59. The first-order valence-corrected chi connectivity index (χ1v) is 4.55. The zero-order chi connectivity index (χ0) is 9.03.